The predicted molar refractivity (Wildman–Crippen MR) is 93.2 cm³/mol. The summed E-state index contributed by atoms with van der Waals surface area (Å²) in [6.07, 6.45) is 2.52. The molecule has 1 amide bonds. The zero-order chi connectivity index (χ0) is 18.4. The first kappa shape index (κ1) is 16.9. The number of fused-ring (bicyclic) bond motifs is 1. The molecule has 3 aromatic rings. The third-order valence-corrected chi connectivity index (χ3v) is 4.83. The van der Waals surface area contributed by atoms with Gasteiger partial charge in [-0.2, -0.15) is 0 Å². The van der Waals surface area contributed by atoms with Crippen molar-refractivity contribution in [2.24, 2.45) is 5.92 Å². The second-order valence-electron chi connectivity index (χ2n) is 6.20. The van der Waals surface area contributed by atoms with Crippen LogP contribution >= 0.6 is 11.6 Å². The molecule has 1 aliphatic carbocycles. The Morgan fingerprint density at radius 3 is 2.81 bits per heavy atom. The number of nitrogens with zero attached hydrogens (tertiary/aromatic N) is 2. The lowest BCUT2D eigenvalue weighted by Crippen LogP contribution is -2.15. The Bertz CT molecular complexity index is 1020. The minimum atomic E-state index is -1.07. The molecule has 8 heteroatoms. The molecule has 1 aromatic carbocycles. The molecular weight excluding hydrogens is 364 g/mol. The number of aromatic nitrogens is 2. The van der Waals surface area contributed by atoms with Crippen molar-refractivity contribution in [2.45, 2.75) is 19.2 Å². The third kappa shape index (κ3) is 2.93. The van der Waals surface area contributed by atoms with Crippen molar-refractivity contribution in [2.75, 3.05) is 5.32 Å². The molecule has 2 atom stereocenters. The van der Waals surface area contributed by atoms with Crippen molar-refractivity contribution in [3.63, 3.8) is 0 Å². The van der Waals surface area contributed by atoms with Gasteiger partial charge in [0.25, 0.3) is 0 Å². The van der Waals surface area contributed by atoms with Gasteiger partial charge in [-0.1, -0.05) is 17.7 Å². The van der Waals surface area contributed by atoms with E-state index in [-0.39, 0.29) is 17.4 Å². The molecule has 1 saturated carbocycles. The second kappa shape index (κ2) is 6.34. The Morgan fingerprint density at radius 2 is 2.12 bits per heavy atom. The molecule has 1 fully saturated rings. The number of nitrogens with one attached hydrogen (secondary N) is 1. The van der Waals surface area contributed by atoms with Crippen LogP contribution in [0.25, 0.3) is 16.8 Å². The van der Waals surface area contributed by atoms with E-state index >= 15 is 0 Å². The van der Waals surface area contributed by atoms with Gasteiger partial charge < -0.3 is 14.8 Å². The van der Waals surface area contributed by atoms with E-state index in [2.05, 4.69) is 10.3 Å². The monoisotopic (exact) mass is 377 g/mol. The van der Waals surface area contributed by atoms with Crippen molar-refractivity contribution < 1.29 is 18.7 Å². The van der Waals surface area contributed by atoms with Crippen LogP contribution in [0.15, 0.2) is 36.7 Å². The molecular formula is C18H14ClF2N3O2. The van der Waals surface area contributed by atoms with Crippen molar-refractivity contribution in [1.29, 1.82) is 0 Å². The standard InChI is InChI=1S/C18H14ClF2N3O2/c19-17-12(8-25)10(2-3-13(17)20)9-1-4-16-22-15(7-24(16)6-9)23-18(26)11-5-14(11)21/h1-4,6-7,11,14,25H,5,8H2,(H,23,26). The van der Waals surface area contributed by atoms with E-state index in [1.807, 2.05) is 0 Å². The van der Waals surface area contributed by atoms with Crippen LogP contribution in [-0.2, 0) is 11.4 Å². The topological polar surface area (TPSA) is 66.6 Å². The summed E-state index contributed by atoms with van der Waals surface area (Å²) < 4.78 is 28.3. The number of carbonyl (C=O) groups is 1. The molecule has 0 radical (unpaired) electrons. The van der Waals surface area contributed by atoms with Gasteiger partial charge in [0.2, 0.25) is 5.91 Å². The number of amides is 1. The van der Waals surface area contributed by atoms with Crippen molar-refractivity contribution >= 4 is 29.0 Å². The number of hydrogen-bond donors (Lipinski definition) is 2. The largest absolute Gasteiger partial charge is 0.392 e. The van der Waals surface area contributed by atoms with Crippen molar-refractivity contribution in [1.82, 2.24) is 9.38 Å². The quantitative estimate of drug-likeness (QED) is 0.730. The minimum absolute atomic E-state index is 0.117. The van der Waals surface area contributed by atoms with Crippen LogP contribution in [0.1, 0.15) is 12.0 Å². The number of hydrogen-bond acceptors (Lipinski definition) is 3. The minimum Gasteiger partial charge on any atom is -0.392 e. The second-order valence-corrected chi connectivity index (χ2v) is 6.58. The van der Waals surface area contributed by atoms with E-state index in [0.29, 0.717) is 28.2 Å². The van der Waals surface area contributed by atoms with E-state index in [9.17, 15) is 18.7 Å². The number of aliphatic hydroxyl groups is 1. The molecule has 2 unspecified atom stereocenters. The van der Waals surface area contributed by atoms with Crippen LogP contribution in [0.5, 0.6) is 0 Å². The van der Waals surface area contributed by atoms with Crippen LogP contribution in [-0.4, -0.2) is 26.6 Å². The molecule has 0 saturated heterocycles. The van der Waals surface area contributed by atoms with Gasteiger partial charge in [-0.15, -0.1) is 0 Å². The number of anilines is 1. The van der Waals surface area contributed by atoms with Gasteiger partial charge in [0.05, 0.1) is 23.7 Å². The normalized spacial score (nSPS) is 18.9. The van der Waals surface area contributed by atoms with Crippen molar-refractivity contribution in [3.05, 3.63) is 53.1 Å². The number of pyridine rings is 1. The first-order chi connectivity index (χ1) is 12.5. The Hall–Kier alpha value is -2.51. The molecule has 1 aliphatic rings. The van der Waals surface area contributed by atoms with Crippen molar-refractivity contribution in [3.8, 4) is 11.1 Å². The first-order valence-corrected chi connectivity index (χ1v) is 8.37. The van der Waals surface area contributed by atoms with Gasteiger partial charge >= 0.3 is 0 Å². The highest BCUT2D eigenvalue weighted by atomic mass is 35.5. The first-order valence-electron chi connectivity index (χ1n) is 7.99. The van der Waals surface area contributed by atoms with Crippen LogP contribution in [0, 0.1) is 11.7 Å². The SMILES string of the molecule is O=C(Nc1cn2cc(-c3ccc(F)c(Cl)c3CO)ccc2n1)C1CC1F. The van der Waals surface area contributed by atoms with E-state index in [1.165, 1.54) is 6.07 Å². The van der Waals surface area contributed by atoms with Crippen LogP contribution in [0.3, 0.4) is 0 Å². The molecule has 26 heavy (non-hydrogen) atoms. The molecule has 5 nitrogen and oxygen atoms in total. The van der Waals surface area contributed by atoms with Crippen LogP contribution in [0.4, 0.5) is 14.6 Å². The maximum absolute atomic E-state index is 13.6. The molecule has 134 valence electrons. The zero-order valence-electron chi connectivity index (χ0n) is 13.4. The van der Waals surface area contributed by atoms with Gasteiger partial charge in [-0.25, -0.2) is 13.8 Å². The lowest BCUT2D eigenvalue weighted by molar-refractivity contribution is -0.117. The van der Waals surface area contributed by atoms with Crippen LogP contribution in [0.2, 0.25) is 5.02 Å². The summed E-state index contributed by atoms with van der Waals surface area (Å²) in [4.78, 5) is 16.1. The summed E-state index contributed by atoms with van der Waals surface area (Å²) >= 11 is 5.94. The zero-order valence-corrected chi connectivity index (χ0v) is 14.2. The van der Waals surface area contributed by atoms with Gasteiger partial charge in [-0.05, 0) is 35.7 Å². The summed E-state index contributed by atoms with van der Waals surface area (Å²) in [6.45, 7) is -0.402. The lowest BCUT2D eigenvalue weighted by atomic mass is 10.0. The summed E-state index contributed by atoms with van der Waals surface area (Å²) in [5, 5.41) is 12.0. The Labute approximate surface area is 152 Å². The van der Waals surface area contributed by atoms with Gasteiger partial charge in [0.15, 0.2) is 5.82 Å². The highest BCUT2D eigenvalue weighted by Gasteiger charge is 2.43. The third-order valence-electron chi connectivity index (χ3n) is 4.42. The number of alkyl halides is 1. The Kier molecular flexibility index (Phi) is 4.13. The highest BCUT2D eigenvalue weighted by Crippen LogP contribution is 2.35. The fraction of sp³-hybridized carbons (Fsp3) is 0.222. The molecule has 0 bridgehead atoms. The maximum atomic E-state index is 13.6. The fourth-order valence-electron chi connectivity index (χ4n) is 2.88. The van der Waals surface area contributed by atoms with Crippen LogP contribution < -0.4 is 5.32 Å². The number of imidazole rings is 1. The number of rotatable bonds is 4. The fourth-order valence-corrected chi connectivity index (χ4v) is 3.11. The molecule has 0 aliphatic heterocycles. The van der Waals surface area contributed by atoms with E-state index in [4.69, 9.17) is 11.6 Å². The number of halogens is 3. The van der Waals surface area contributed by atoms with E-state index in [0.717, 1.165) is 0 Å². The van der Waals surface area contributed by atoms with Gasteiger partial charge in [-0.3, -0.25) is 4.79 Å². The van der Waals surface area contributed by atoms with Gasteiger partial charge in [0.1, 0.15) is 17.6 Å². The molecule has 0 spiro atoms. The molecule has 4 rings (SSSR count). The number of aliphatic hydroxyl groups excluding tert-OH is 1. The average Bonchev–Trinajstić information content (AvgIpc) is 3.22. The molecule has 2 heterocycles. The number of benzene rings is 1. The molecule has 2 N–H and O–H groups in total. The highest BCUT2D eigenvalue weighted by molar-refractivity contribution is 6.31. The average molecular weight is 378 g/mol. The maximum Gasteiger partial charge on any atom is 0.231 e. The summed E-state index contributed by atoms with van der Waals surface area (Å²) in [6, 6.07) is 6.26. The predicted octanol–water partition coefficient (Wildman–Crippen LogP) is 3.58. The lowest BCUT2D eigenvalue weighted by Gasteiger charge is -2.10. The summed E-state index contributed by atoms with van der Waals surface area (Å²) in [5.74, 6) is -1.25. The summed E-state index contributed by atoms with van der Waals surface area (Å²) in [5.41, 5.74) is 2.17. The van der Waals surface area contributed by atoms with Gasteiger partial charge in [0, 0.05) is 11.8 Å². The summed E-state index contributed by atoms with van der Waals surface area (Å²) in [7, 11) is 0. The Balaban J connectivity index is 1.68. The Morgan fingerprint density at radius 1 is 1.35 bits per heavy atom. The van der Waals surface area contributed by atoms with E-state index < -0.39 is 24.5 Å². The van der Waals surface area contributed by atoms with E-state index in [1.54, 1.807) is 35.0 Å². The smallest absolute Gasteiger partial charge is 0.231 e. The molecule has 2 aromatic heterocycles. The number of carbonyl (C=O) groups excluding carboxylic acids is 1.